The van der Waals surface area contributed by atoms with Crippen molar-refractivity contribution in [2.45, 2.75) is 6.10 Å². The number of nitrogens with one attached hydrogen (secondary N) is 1. The van der Waals surface area contributed by atoms with Crippen molar-refractivity contribution in [3.05, 3.63) is 17.7 Å². The van der Waals surface area contributed by atoms with Crippen LogP contribution in [0.5, 0.6) is 17.2 Å². The van der Waals surface area contributed by atoms with E-state index in [0.29, 0.717) is 6.54 Å². The molecule has 0 radical (unpaired) electrons. The van der Waals surface area contributed by atoms with Gasteiger partial charge in [-0.1, -0.05) is 0 Å². The quantitative estimate of drug-likeness (QED) is 0.510. The maximum absolute atomic E-state index is 10.1. The molecule has 6 nitrogen and oxygen atoms in total. The summed E-state index contributed by atoms with van der Waals surface area (Å²) in [6, 6.07) is 2.21. The number of hydrogen-bond acceptors (Lipinski definition) is 6. The van der Waals surface area contributed by atoms with Crippen molar-refractivity contribution in [1.82, 2.24) is 10.2 Å². The summed E-state index contributed by atoms with van der Waals surface area (Å²) in [5.74, 6) is -0.826. The maximum atomic E-state index is 10.1. The molecule has 1 aliphatic rings. The van der Waals surface area contributed by atoms with Gasteiger partial charge in [-0.25, -0.2) is 0 Å². The highest BCUT2D eigenvalue weighted by atomic mass is 16.3. The van der Waals surface area contributed by atoms with Crippen LogP contribution in [0.15, 0.2) is 12.1 Å². The number of β-amino-alcohol motifs (C(OH)–C–C–N with tert-alkyl or cyclic N) is 1. The number of aromatic hydroxyl groups is 3. The van der Waals surface area contributed by atoms with Crippen molar-refractivity contribution < 1.29 is 20.4 Å². The fraction of sp³-hybridized carbons (Fsp3) is 0.500. The van der Waals surface area contributed by atoms with Gasteiger partial charge in [0.05, 0.1) is 11.7 Å². The van der Waals surface area contributed by atoms with Crippen molar-refractivity contribution in [3.63, 3.8) is 0 Å². The Labute approximate surface area is 105 Å². The molecule has 0 bridgehead atoms. The molecule has 1 heterocycles. The van der Waals surface area contributed by atoms with Crippen molar-refractivity contribution in [3.8, 4) is 17.2 Å². The number of benzene rings is 1. The second kappa shape index (κ2) is 5.43. The van der Waals surface area contributed by atoms with Crippen LogP contribution < -0.4 is 5.32 Å². The smallest absolute Gasteiger partial charge is 0.128 e. The zero-order valence-electron chi connectivity index (χ0n) is 10.0. The maximum Gasteiger partial charge on any atom is 0.128 e. The van der Waals surface area contributed by atoms with E-state index >= 15 is 0 Å². The summed E-state index contributed by atoms with van der Waals surface area (Å²) < 4.78 is 0. The van der Waals surface area contributed by atoms with Crippen LogP contribution in [0.1, 0.15) is 11.7 Å². The number of phenols is 3. The van der Waals surface area contributed by atoms with Crippen LogP contribution in [-0.4, -0.2) is 58.0 Å². The highest BCUT2D eigenvalue weighted by Crippen LogP contribution is 2.36. The highest BCUT2D eigenvalue weighted by molar-refractivity contribution is 5.49. The lowest BCUT2D eigenvalue weighted by Gasteiger charge is -2.29. The summed E-state index contributed by atoms with van der Waals surface area (Å²) in [6.45, 7) is 3.70. The predicted molar refractivity (Wildman–Crippen MR) is 65.7 cm³/mol. The largest absolute Gasteiger partial charge is 0.508 e. The molecule has 6 heteroatoms. The molecular formula is C12H18N2O4. The van der Waals surface area contributed by atoms with Crippen molar-refractivity contribution in [2.75, 3.05) is 32.7 Å². The van der Waals surface area contributed by atoms with Crippen LogP contribution in [0.4, 0.5) is 0 Å². The Balaban J connectivity index is 2.10. The fourth-order valence-corrected chi connectivity index (χ4v) is 2.18. The van der Waals surface area contributed by atoms with E-state index in [2.05, 4.69) is 5.32 Å². The number of rotatable bonds is 3. The second-order valence-electron chi connectivity index (χ2n) is 4.46. The van der Waals surface area contributed by atoms with Gasteiger partial charge in [-0.05, 0) is 0 Å². The van der Waals surface area contributed by atoms with E-state index in [9.17, 15) is 20.4 Å². The number of nitrogens with zero attached hydrogens (tertiary/aromatic N) is 1. The Morgan fingerprint density at radius 2 is 1.67 bits per heavy atom. The molecule has 1 aromatic carbocycles. The molecule has 0 aromatic heterocycles. The molecule has 0 amide bonds. The average Bonchev–Trinajstić information content (AvgIpc) is 2.28. The van der Waals surface area contributed by atoms with Gasteiger partial charge in [0, 0.05) is 44.9 Å². The molecule has 2 rings (SSSR count). The van der Waals surface area contributed by atoms with Crippen LogP contribution in [0.3, 0.4) is 0 Å². The Kier molecular flexibility index (Phi) is 3.90. The number of aliphatic hydroxyl groups excluding tert-OH is 1. The molecule has 100 valence electrons. The minimum atomic E-state index is -0.983. The normalized spacial score (nSPS) is 18.7. The van der Waals surface area contributed by atoms with Crippen LogP contribution in [0.25, 0.3) is 0 Å². The molecule has 5 N–H and O–H groups in total. The van der Waals surface area contributed by atoms with Crippen LogP contribution in [-0.2, 0) is 0 Å². The number of aliphatic hydroxyl groups is 1. The predicted octanol–water partition coefficient (Wildman–Crippen LogP) is -0.258. The first kappa shape index (κ1) is 12.9. The molecule has 1 fully saturated rings. The average molecular weight is 254 g/mol. The van der Waals surface area contributed by atoms with Gasteiger partial charge in [0.25, 0.3) is 0 Å². The number of phenolic OH excluding ortho intramolecular Hbond substituents is 3. The molecule has 0 spiro atoms. The molecular weight excluding hydrogens is 236 g/mol. The highest BCUT2D eigenvalue weighted by Gasteiger charge is 2.21. The van der Waals surface area contributed by atoms with E-state index < -0.39 is 6.10 Å². The van der Waals surface area contributed by atoms with Crippen LogP contribution in [0.2, 0.25) is 0 Å². The third-order valence-electron chi connectivity index (χ3n) is 3.10. The van der Waals surface area contributed by atoms with Gasteiger partial charge in [0.1, 0.15) is 17.2 Å². The summed E-state index contributed by atoms with van der Waals surface area (Å²) in [5, 5.41) is 41.8. The number of hydrogen-bond donors (Lipinski definition) is 5. The molecule has 1 saturated heterocycles. The van der Waals surface area contributed by atoms with E-state index in [1.165, 1.54) is 0 Å². The zero-order valence-corrected chi connectivity index (χ0v) is 10.0. The first-order valence-corrected chi connectivity index (χ1v) is 5.94. The standard InChI is InChI=1S/C12H18N2O4/c15-8-5-9(16)12(10(17)6-8)11(18)7-14-3-1-13-2-4-14/h5-6,11,13,15-18H,1-4,7H2. The van der Waals surface area contributed by atoms with Gasteiger partial charge in [-0.15, -0.1) is 0 Å². The fourth-order valence-electron chi connectivity index (χ4n) is 2.18. The Morgan fingerprint density at radius 3 is 2.22 bits per heavy atom. The summed E-state index contributed by atoms with van der Waals surface area (Å²) in [4.78, 5) is 2.05. The van der Waals surface area contributed by atoms with Gasteiger partial charge in [0.15, 0.2) is 0 Å². The molecule has 1 unspecified atom stereocenters. The summed E-state index contributed by atoms with van der Waals surface area (Å²) in [5.41, 5.74) is 0.0614. The molecule has 0 aliphatic carbocycles. The van der Waals surface area contributed by atoms with E-state index in [1.807, 2.05) is 4.90 Å². The van der Waals surface area contributed by atoms with Gasteiger partial charge in [-0.2, -0.15) is 0 Å². The first-order chi connectivity index (χ1) is 8.58. The Hall–Kier alpha value is -1.50. The van der Waals surface area contributed by atoms with Crippen molar-refractivity contribution in [2.24, 2.45) is 0 Å². The van der Waals surface area contributed by atoms with Gasteiger partial charge < -0.3 is 25.7 Å². The van der Waals surface area contributed by atoms with Crippen molar-refractivity contribution >= 4 is 0 Å². The first-order valence-electron chi connectivity index (χ1n) is 5.94. The van der Waals surface area contributed by atoms with E-state index in [1.54, 1.807) is 0 Å². The van der Waals surface area contributed by atoms with Gasteiger partial charge >= 0.3 is 0 Å². The van der Waals surface area contributed by atoms with Crippen molar-refractivity contribution in [1.29, 1.82) is 0 Å². The van der Waals surface area contributed by atoms with Gasteiger partial charge in [-0.3, -0.25) is 4.90 Å². The van der Waals surface area contributed by atoms with E-state index in [0.717, 1.165) is 38.3 Å². The van der Waals surface area contributed by atoms with Gasteiger partial charge in [0.2, 0.25) is 0 Å². The molecule has 18 heavy (non-hydrogen) atoms. The lowest BCUT2D eigenvalue weighted by atomic mass is 10.1. The summed E-state index contributed by atoms with van der Waals surface area (Å²) in [7, 11) is 0. The minimum absolute atomic E-state index is 0.0614. The van der Waals surface area contributed by atoms with Crippen LogP contribution >= 0.6 is 0 Å². The Bertz CT molecular complexity index is 396. The summed E-state index contributed by atoms with van der Waals surface area (Å²) >= 11 is 0. The third kappa shape index (κ3) is 2.84. The molecule has 1 aliphatic heterocycles. The molecule has 0 saturated carbocycles. The number of piperazine rings is 1. The lowest BCUT2D eigenvalue weighted by Crippen LogP contribution is -2.44. The second-order valence-corrected chi connectivity index (χ2v) is 4.46. The summed E-state index contributed by atoms with van der Waals surface area (Å²) in [6.07, 6.45) is -0.983. The molecule has 1 aromatic rings. The SMILES string of the molecule is Oc1cc(O)c(C(O)CN2CCNCC2)c(O)c1. The van der Waals surface area contributed by atoms with Crippen LogP contribution in [0, 0.1) is 0 Å². The topological polar surface area (TPSA) is 96.2 Å². The lowest BCUT2D eigenvalue weighted by molar-refractivity contribution is 0.101. The minimum Gasteiger partial charge on any atom is -0.508 e. The Morgan fingerprint density at radius 1 is 1.11 bits per heavy atom. The third-order valence-corrected chi connectivity index (χ3v) is 3.10. The zero-order chi connectivity index (χ0) is 13.1. The van der Waals surface area contributed by atoms with E-state index in [-0.39, 0.29) is 22.8 Å². The monoisotopic (exact) mass is 254 g/mol. The molecule has 1 atom stereocenters. The van der Waals surface area contributed by atoms with E-state index in [4.69, 9.17) is 0 Å².